The van der Waals surface area contributed by atoms with Crippen LogP contribution in [0.3, 0.4) is 0 Å². The number of carbonyl (C=O) groups is 1. The number of hydrogen-bond acceptors (Lipinski definition) is 2. The number of hydrogen-bond donors (Lipinski definition) is 0. The normalized spacial score (nSPS) is 9.85. The molecule has 0 heterocycles. The van der Waals surface area contributed by atoms with Gasteiger partial charge < -0.3 is 4.74 Å². The lowest BCUT2D eigenvalue weighted by molar-refractivity contribution is 0.0594. The lowest BCUT2D eigenvalue weighted by Crippen LogP contribution is -2.06. The van der Waals surface area contributed by atoms with Crippen LogP contribution in [0.5, 0.6) is 0 Å². The Morgan fingerprint density at radius 1 is 1.38 bits per heavy atom. The maximum absolute atomic E-state index is 13.0. The summed E-state index contributed by atoms with van der Waals surface area (Å²) >= 11 is 2.78. The molecular weight excluding hydrogens is 246 g/mol. The zero-order chi connectivity index (χ0) is 10.0. The first-order valence-electron chi connectivity index (χ1n) is 3.29. The van der Waals surface area contributed by atoms with Crippen LogP contribution in [0.1, 0.15) is 10.4 Å². The number of carbonyl (C=O) groups excluding carboxylic acids is 1. The predicted molar refractivity (Wildman–Crippen MR) is 45.4 cm³/mol. The highest BCUT2D eigenvalue weighted by atomic mass is 79.9. The van der Waals surface area contributed by atoms with Crippen molar-refractivity contribution in [1.29, 1.82) is 0 Å². The molecule has 13 heavy (non-hydrogen) atoms. The second-order valence-electron chi connectivity index (χ2n) is 2.21. The molecule has 0 N–H and O–H groups in total. The van der Waals surface area contributed by atoms with E-state index in [1.807, 2.05) is 0 Å². The van der Waals surface area contributed by atoms with Gasteiger partial charge in [-0.2, -0.15) is 0 Å². The van der Waals surface area contributed by atoms with E-state index in [-0.39, 0.29) is 4.47 Å². The minimum atomic E-state index is -1.21. The van der Waals surface area contributed by atoms with Crippen molar-refractivity contribution in [3.63, 3.8) is 0 Å². The number of halogens is 3. The van der Waals surface area contributed by atoms with Gasteiger partial charge >= 0.3 is 5.97 Å². The van der Waals surface area contributed by atoms with Gasteiger partial charge in [0.25, 0.3) is 0 Å². The van der Waals surface area contributed by atoms with Crippen molar-refractivity contribution in [2.45, 2.75) is 0 Å². The summed E-state index contributed by atoms with van der Waals surface area (Å²) in [5, 5.41) is 0. The van der Waals surface area contributed by atoms with E-state index >= 15 is 0 Å². The molecule has 0 saturated carbocycles. The van der Waals surface area contributed by atoms with Gasteiger partial charge in [0.1, 0.15) is 0 Å². The molecule has 0 aliphatic carbocycles. The Kier molecular flexibility index (Phi) is 2.98. The van der Waals surface area contributed by atoms with Gasteiger partial charge in [-0.3, -0.25) is 0 Å². The van der Waals surface area contributed by atoms with E-state index in [9.17, 15) is 13.6 Å². The molecule has 0 atom stereocenters. The number of methoxy groups -OCH3 is 1. The van der Waals surface area contributed by atoms with E-state index in [0.717, 1.165) is 13.2 Å². The second-order valence-corrected chi connectivity index (χ2v) is 3.07. The summed E-state index contributed by atoms with van der Waals surface area (Å²) in [6.45, 7) is 0. The topological polar surface area (TPSA) is 26.3 Å². The van der Waals surface area contributed by atoms with Crippen LogP contribution in [-0.2, 0) is 4.74 Å². The molecular formula is C8H5BrF2O2. The highest BCUT2D eigenvalue weighted by molar-refractivity contribution is 9.10. The van der Waals surface area contributed by atoms with Gasteiger partial charge in [-0.1, -0.05) is 0 Å². The quantitative estimate of drug-likeness (QED) is 0.566. The minimum Gasteiger partial charge on any atom is -0.465 e. The van der Waals surface area contributed by atoms with E-state index in [0.29, 0.717) is 0 Å². The Balaban J connectivity index is 3.26. The molecule has 0 amide bonds. The molecule has 70 valence electrons. The summed E-state index contributed by atoms with van der Waals surface area (Å²) < 4.78 is 30.1. The first-order valence-corrected chi connectivity index (χ1v) is 4.09. The molecule has 0 saturated heterocycles. The molecule has 0 aliphatic rings. The fraction of sp³-hybridized carbons (Fsp3) is 0.125. The number of benzene rings is 1. The molecule has 0 bridgehead atoms. The summed E-state index contributed by atoms with van der Waals surface area (Å²) in [5.74, 6) is -3.20. The summed E-state index contributed by atoms with van der Waals surface area (Å²) in [5.41, 5.74) is -0.414. The van der Waals surface area contributed by atoms with Gasteiger partial charge in [0.05, 0.1) is 17.1 Å². The largest absolute Gasteiger partial charge is 0.465 e. The molecule has 1 aromatic rings. The van der Waals surface area contributed by atoms with E-state index in [2.05, 4.69) is 20.7 Å². The molecule has 0 aromatic heterocycles. The Bertz CT molecular complexity index is 352. The smallest absolute Gasteiger partial charge is 0.340 e. The second kappa shape index (κ2) is 3.83. The van der Waals surface area contributed by atoms with Crippen LogP contribution in [0.15, 0.2) is 16.6 Å². The van der Waals surface area contributed by atoms with Crippen molar-refractivity contribution < 1.29 is 18.3 Å². The first-order chi connectivity index (χ1) is 6.07. The van der Waals surface area contributed by atoms with Crippen LogP contribution in [0, 0.1) is 11.6 Å². The average molecular weight is 251 g/mol. The Morgan fingerprint density at radius 3 is 2.54 bits per heavy atom. The van der Waals surface area contributed by atoms with Crippen molar-refractivity contribution in [3.05, 3.63) is 33.8 Å². The van der Waals surface area contributed by atoms with Gasteiger partial charge in [0, 0.05) is 0 Å². The molecule has 0 spiro atoms. The molecule has 5 heteroatoms. The van der Waals surface area contributed by atoms with Gasteiger partial charge in [-0.05, 0) is 28.1 Å². The zero-order valence-corrected chi connectivity index (χ0v) is 8.19. The van der Waals surface area contributed by atoms with Crippen molar-refractivity contribution in [2.75, 3.05) is 7.11 Å². The highest BCUT2D eigenvalue weighted by Gasteiger charge is 2.17. The zero-order valence-electron chi connectivity index (χ0n) is 6.61. The number of ether oxygens (including phenoxy) is 1. The Hall–Kier alpha value is -0.970. The third-order valence-corrected chi connectivity index (χ3v) is 2.05. The van der Waals surface area contributed by atoms with E-state index in [4.69, 9.17) is 0 Å². The van der Waals surface area contributed by atoms with Gasteiger partial charge in [-0.15, -0.1) is 0 Å². The molecule has 0 radical (unpaired) electrons. The van der Waals surface area contributed by atoms with Crippen LogP contribution in [0.2, 0.25) is 0 Å². The molecule has 0 fully saturated rings. The van der Waals surface area contributed by atoms with Crippen LogP contribution < -0.4 is 0 Å². The molecule has 0 unspecified atom stereocenters. The monoisotopic (exact) mass is 250 g/mol. The number of rotatable bonds is 1. The van der Waals surface area contributed by atoms with E-state index < -0.39 is 23.2 Å². The fourth-order valence-electron chi connectivity index (χ4n) is 0.794. The van der Waals surface area contributed by atoms with E-state index in [1.165, 1.54) is 6.07 Å². The highest BCUT2D eigenvalue weighted by Crippen LogP contribution is 2.21. The van der Waals surface area contributed by atoms with Crippen molar-refractivity contribution in [1.82, 2.24) is 0 Å². The van der Waals surface area contributed by atoms with Gasteiger partial charge in [-0.25, -0.2) is 13.6 Å². The maximum atomic E-state index is 13.0. The predicted octanol–water partition coefficient (Wildman–Crippen LogP) is 2.51. The third-order valence-electron chi connectivity index (χ3n) is 1.44. The average Bonchev–Trinajstić information content (AvgIpc) is 2.13. The first kappa shape index (κ1) is 10.1. The third kappa shape index (κ3) is 1.85. The van der Waals surface area contributed by atoms with Crippen LogP contribution in [-0.4, -0.2) is 13.1 Å². The summed E-state index contributed by atoms with van der Waals surface area (Å²) in [4.78, 5) is 10.9. The Morgan fingerprint density at radius 2 is 2.00 bits per heavy atom. The SMILES string of the molecule is COC(=O)c1ccc(Br)c(F)c1F. The van der Waals surface area contributed by atoms with Gasteiger partial charge in [0.15, 0.2) is 11.6 Å². The van der Waals surface area contributed by atoms with Crippen LogP contribution in [0.25, 0.3) is 0 Å². The van der Waals surface area contributed by atoms with E-state index in [1.54, 1.807) is 0 Å². The van der Waals surface area contributed by atoms with Crippen molar-refractivity contribution >= 4 is 21.9 Å². The number of esters is 1. The summed E-state index contributed by atoms with van der Waals surface area (Å²) in [7, 11) is 1.10. The fourth-order valence-corrected chi connectivity index (χ4v) is 1.10. The lowest BCUT2D eigenvalue weighted by atomic mass is 10.2. The van der Waals surface area contributed by atoms with Crippen LogP contribution >= 0.6 is 15.9 Å². The molecule has 0 aliphatic heterocycles. The summed E-state index contributed by atoms with van der Waals surface area (Å²) in [6, 6.07) is 2.39. The summed E-state index contributed by atoms with van der Waals surface area (Å²) in [6.07, 6.45) is 0. The Labute approximate surface area is 81.6 Å². The molecule has 1 aromatic carbocycles. The standard InChI is InChI=1S/C8H5BrF2O2/c1-13-8(12)4-2-3-5(9)7(11)6(4)10/h2-3H,1H3. The van der Waals surface area contributed by atoms with Gasteiger partial charge in [0.2, 0.25) is 0 Å². The minimum absolute atomic E-state index is 0.0300. The molecule has 2 nitrogen and oxygen atoms in total. The molecule has 1 rings (SSSR count). The van der Waals surface area contributed by atoms with Crippen molar-refractivity contribution in [2.24, 2.45) is 0 Å². The van der Waals surface area contributed by atoms with Crippen LogP contribution in [0.4, 0.5) is 8.78 Å². The lowest BCUT2D eigenvalue weighted by Gasteiger charge is -2.02. The maximum Gasteiger partial charge on any atom is 0.340 e. The van der Waals surface area contributed by atoms with Crippen molar-refractivity contribution in [3.8, 4) is 0 Å².